The van der Waals surface area contributed by atoms with Crippen molar-refractivity contribution in [3.63, 3.8) is 0 Å². The molecule has 23 heavy (non-hydrogen) atoms. The van der Waals surface area contributed by atoms with Crippen LogP contribution in [-0.2, 0) is 6.54 Å². The summed E-state index contributed by atoms with van der Waals surface area (Å²) in [5.41, 5.74) is 2.44. The zero-order valence-corrected chi connectivity index (χ0v) is 14.3. The Bertz CT molecular complexity index is 502. The molecule has 0 radical (unpaired) electrons. The highest BCUT2D eigenvalue weighted by atomic mass is 16.5. The standard InChI is InChI=1S/C17H28N2O4/c1-13-8-16(22-2)17(23-3)9-14(13)10-18-4-6-19(7-5-18)11-15(21)12-20/h8-9,15,20-21H,4-7,10-12H2,1-3H3. The van der Waals surface area contributed by atoms with E-state index in [1.54, 1.807) is 14.2 Å². The zero-order chi connectivity index (χ0) is 16.8. The Morgan fingerprint density at radius 3 is 2.17 bits per heavy atom. The number of nitrogens with zero attached hydrogens (tertiary/aromatic N) is 2. The number of rotatable bonds is 7. The molecule has 1 heterocycles. The van der Waals surface area contributed by atoms with E-state index in [1.807, 2.05) is 6.07 Å². The second-order valence-electron chi connectivity index (χ2n) is 6.05. The van der Waals surface area contributed by atoms with Gasteiger partial charge in [0.2, 0.25) is 0 Å². The highest BCUT2D eigenvalue weighted by molar-refractivity contribution is 5.47. The molecule has 0 saturated carbocycles. The number of piperazine rings is 1. The lowest BCUT2D eigenvalue weighted by Crippen LogP contribution is -2.48. The molecule has 6 heteroatoms. The largest absolute Gasteiger partial charge is 0.493 e. The minimum atomic E-state index is -0.644. The molecule has 6 nitrogen and oxygen atoms in total. The van der Waals surface area contributed by atoms with Crippen LogP contribution in [0.4, 0.5) is 0 Å². The van der Waals surface area contributed by atoms with Crippen molar-refractivity contribution in [1.29, 1.82) is 0 Å². The molecule has 1 aliphatic heterocycles. The number of β-amino-alcohol motifs (C(OH)–C–C–N with tert-alkyl or cyclic N) is 1. The molecule has 130 valence electrons. The van der Waals surface area contributed by atoms with Gasteiger partial charge in [0.25, 0.3) is 0 Å². The third kappa shape index (κ3) is 4.81. The van der Waals surface area contributed by atoms with Gasteiger partial charge >= 0.3 is 0 Å². The molecule has 0 amide bonds. The van der Waals surface area contributed by atoms with E-state index in [2.05, 4.69) is 22.8 Å². The Morgan fingerprint density at radius 1 is 1.04 bits per heavy atom. The lowest BCUT2D eigenvalue weighted by molar-refractivity contribution is 0.0382. The maximum Gasteiger partial charge on any atom is 0.161 e. The maximum absolute atomic E-state index is 9.52. The SMILES string of the molecule is COc1cc(C)c(CN2CCN(CC(O)CO)CC2)cc1OC. The van der Waals surface area contributed by atoms with E-state index in [-0.39, 0.29) is 6.61 Å². The van der Waals surface area contributed by atoms with Crippen molar-refractivity contribution in [2.75, 3.05) is 53.6 Å². The molecule has 0 aromatic heterocycles. The number of benzene rings is 1. The predicted octanol–water partition coefficient (Wildman–Crippen LogP) is 0.483. The van der Waals surface area contributed by atoms with E-state index >= 15 is 0 Å². The summed E-state index contributed by atoms with van der Waals surface area (Å²) in [6, 6.07) is 4.07. The van der Waals surface area contributed by atoms with Crippen molar-refractivity contribution in [2.45, 2.75) is 19.6 Å². The van der Waals surface area contributed by atoms with Crippen LogP contribution < -0.4 is 9.47 Å². The van der Waals surface area contributed by atoms with Gasteiger partial charge in [0, 0.05) is 39.3 Å². The highest BCUT2D eigenvalue weighted by Gasteiger charge is 2.20. The van der Waals surface area contributed by atoms with E-state index in [0.717, 1.165) is 44.2 Å². The van der Waals surface area contributed by atoms with Crippen LogP contribution in [-0.4, -0.2) is 79.7 Å². The van der Waals surface area contributed by atoms with Gasteiger partial charge in [-0.25, -0.2) is 0 Å². The first-order valence-corrected chi connectivity index (χ1v) is 8.02. The Hall–Kier alpha value is -1.34. The number of aliphatic hydroxyl groups excluding tert-OH is 2. The lowest BCUT2D eigenvalue weighted by atomic mass is 10.1. The van der Waals surface area contributed by atoms with E-state index in [0.29, 0.717) is 6.54 Å². The third-order valence-electron chi connectivity index (χ3n) is 4.38. The second kappa shape index (κ2) is 8.49. The summed E-state index contributed by atoms with van der Waals surface area (Å²) >= 11 is 0. The number of aliphatic hydroxyl groups is 2. The topological polar surface area (TPSA) is 65.4 Å². The van der Waals surface area contributed by atoms with Crippen molar-refractivity contribution >= 4 is 0 Å². The monoisotopic (exact) mass is 324 g/mol. The van der Waals surface area contributed by atoms with Crippen molar-refractivity contribution in [3.8, 4) is 11.5 Å². The van der Waals surface area contributed by atoms with Crippen LogP contribution in [0, 0.1) is 6.92 Å². The minimum Gasteiger partial charge on any atom is -0.493 e. The summed E-state index contributed by atoms with van der Waals surface area (Å²) in [5, 5.41) is 18.4. The number of aryl methyl sites for hydroxylation is 1. The smallest absolute Gasteiger partial charge is 0.161 e. The van der Waals surface area contributed by atoms with Gasteiger partial charge in [-0.05, 0) is 30.2 Å². The highest BCUT2D eigenvalue weighted by Crippen LogP contribution is 2.30. The van der Waals surface area contributed by atoms with Gasteiger partial charge in [-0.2, -0.15) is 0 Å². The van der Waals surface area contributed by atoms with Crippen molar-refractivity contribution in [2.24, 2.45) is 0 Å². The first-order chi connectivity index (χ1) is 11.1. The van der Waals surface area contributed by atoms with Gasteiger partial charge in [0.05, 0.1) is 26.9 Å². The fourth-order valence-electron chi connectivity index (χ4n) is 2.92. The molecule has 1 aromatic carbocycles. The summed E-state index contributed by atoms with van der Waals surface area (Å²) in [7, 11) is 3.30. The molecule has 2 rings (SSSR count). The fourth-order valence-corrected chi connectivity index (χ4v) is 2.92. The average molecular weight is 324 g/mol. The number of hydrogen-bond donors (Lipinski definition) is 2. The molecule has 1 aliphatic rings. The summed E-state index contributed by atoms with van der Waals surface area (Å²) in [4.78, 5) is 4.59. The van der Waals surface area contributed by atoms with E-state index < -0.39 is 6.10 Å². The zero-order valence-electron chi connectivity index (χ0n) is 14.3. The predicted molar refractivity (Wildman–Crippen MR) is 89.1 cm³/mol. The van der Waals surface area contributed by atoms with Gasteiger partial charge in [0.1, 0.15) is 0 Å². The van der Waals surface area contributed by atoms with Crippen molar-refractivity contribution in [1.82, 2.24) is 9.80 Å². The normalized spacial score (nSPS) is 18.0. The van der Waals surface area contributed by atoms with Crippen LogP contribution in [0.5, 0.6) is 11.5 Å². The summed E-state index contributed by atoms with van der Waals surface area (Å²) < 4.78 is 10.7. The molecule has 0 aliphatic carbocycles. The molecule has 1 saturated heterocycles. The summed E-state index contributed by atoms with van der Waals surface area (Å²) in [5.74, 6) is 1.52. The Morgan fingerprint density at radius 2 is 1.61 bits per heavy atom. The molecule has 1 unspecified atom stereocenters. The van der Waals surface area contributed by atoms with Gasteiger partial charge in [-0.3, -0.25) is 9.80 Å². The maximum atomic E-state index is 9.52. The Kier molecular flexibility index (Phi) is 6.65. The summed E-state index contributed by atoms with van der Waals surface area (Å²) in [6.07, 6.45) is -0.644. The van der Waals surface area contributed by atoms with Gasteiger partial charge in [-0.1, -0.05) is 0 Å². The number of methoxy groups -OCH3 is 2. The quantitative estimate of drug-likeness (QED) is 0.761. The van der Waals surface area contributed by atoms with Crippen LogP contribution in [0.15, 0.2) is 12.1 Å². The van der Waals surface area contributed by atoms with Gasteiger partial charge < -0.3 is 19.7 Å². The molecular formula is C17H28N2O4. The van der Waals surface area contributed by atoms with Gasteiger partial charge in [-0.15, -0.1) is 0 Å². The van der Waals surface area contributed by atoms with Crippen LogP contribution >= 0.6 is 0 Å². The first kappa shape index (κ1) is 18.0. The van der Waals surface area contributed by atoms with E-state index in [4.69, 9.17) is 14.6 Å². The first-order valence-electron chi connectivity index (χ1n) is 8.02. The lowest BCUT2D eigenvalue weighted by Gasteiger charge is -2.35. The Labute approximate surface area is 138 Å². The minimum absolute atomic E-state index is 0.176. The Balaban J connectivity index is 1.94. The molecule has 2 N–H and O–H groups in total. The van der Waals surface area contributed by atoms with E-state index in [1.165, 1.54) is 11.1 Å². The van der Waals surface area contributed by atoms with Crippen LogP contribution in [0.25, 0.3) is 0 Å². The molecule has 1 atom stereocenters. The van der Waals surface area contributed by atoms with Gasteiger partial charge in [0.15, 0.2) is 11.5 Å². The molecule has 1 fully saturated rings. The van der Waals surface area contributed by atoms with E-state index in [9.17, 15) is 5.11 Å². The third-order valence-corrected chi connectivity index (χ3v) is 4.38. The number of hydrogen-bond acceptors (Lipinski definition) is 6. The second-order valence-corrected chi connectivity index (χ2v) is 6.05. The summed E-state index contributed by atoms with van der Waals surface area (Å²) in [6.45, 7) is 7.04. The van der Waals surface area contributed by atoms with Crippen LogP contribution in [0.2, 0.25) is 0 Å². The van der Waals surface area contributed by atoms with Crippen molar-refractivity contribution < 1.29 is 19.7 Å². The molecule has 1 aromatic rings. The van der Waals surface area contributed by atoms with Crippen molar-refractivity contribution in [3.05, 3.63) is 23.3 Å². The molecule has 0 spiro atoms. The fraction of sp³-hybridized carbons (Fsp3) is 0.647. The molecular weight excluding hydrogens is 296 g/mol. The van der Waals surface area contributed by atoms with Crippen LogP contribution in [0.1, 0.15) is 11.1 Å². The number of ether oxygens (including phenoxy) is 2. The average Bonchev–Trinajstić information content (AvgIpc) is 2.57. The van der Waals surface area contributed by atoms with Crippen LogP contribution in [0.3, 0.4) is 0 Å². The molecule has 0 bridgehead atoms.